The number of nitrogens with one attached hydrogen (secondary N) is 1. The first-order valence-electron chi connectivity index (χ1n) is 7.89. The molecular weight excluding hydrogens is 332 g/mol. The van der Waals surface area contributed by atoms with Gasteiger partial charge in [-0.15, -0.1) is 0 Å². The molecule has 0 heterocycles. The standard InChI is InChI=1S/C16H22N2O5S/c1-3-17-24(22,23)14-8-4-12(5-9-14)15(19)18(13-6-7-13)10-11(2)16(20)21/h4-5,8-9,11,13,17H,3,6-7,10H2,1-2H3,(H,20,21). The number of benzene rings is 1. The molecule has 1 atom stereocenters. The molecule has 2 N–H and O–H groups in total. The Kier molecular flexibility index (Phi) is 5.61. The summed E-state index contributed by atoms with van der Waals surface area (Å²) in [5.41, 5.74) is 0.356. The second-order valence-corrected chi connectivity index (χ2v) is 7.72. The number of nitrogens with zero attached hydrogens (tertiary/aromatic N) is 1. The van der Waals surface area contributed by atoms with E-state index in [2.05, 4.69) is 4.72 Å². The molecule has 0 bridgehead atoms. The molecule has 0 saturated heterocycles. The fourth-order valence-corrected chi connectivity index (χ4v) is 3.41. The van der Waals surface area contributed by atoms with Gasteiger partial charge in [0.1, 0.15) is 0 Å². The van der Waals surface area contributed by atoms with Gasteiger partial charge in [0.2, 0.25) is 10.0 Å². The minimum atomic E-state index is -3.56. The van der Waals surface area contributed by atoms with E-state index in [9.17, 15) is 18.0 Å². The van der Waals surface area contributed by atoms with Crippen LogP contribution in [0.15, 0.2) is 29.2 Å². The van der Waals surface area contributed by atoms with E-state index in [1.54, 1.807) is 18.7 Å². The molecular formula is C16H22N2O5S. The van der Waals surface area contributed by atoms with Crippen molar-refractivity contribution in [2.24, 2.45) is 5.92 Å². The number of amides is 1. The van der Waals surface area contributed by atoms with Gasteiger partial charge >= 0.3 is 5.97 Å². The predicted molar refractivity (Wildman–Crippen MR) is 88.2 cm³/mol. The van der Waals surface area contributed by atoms with Crippen molar-refractivity contribution in [3.63, 3.8) is 0 Å². The van der Waals surface area contributed by atoms with Gasteiger partial charge in [0, 0.05) is 24.7 Å². The summed E-state index contributed by atoms with van der Waals surface area (Å²) in [6, 6.07) is 5.78. The number of aliphatic carboxylic acids is 1. The molecule has 0 aliphatic heterocycles. The van der Waals surface area contributed by atoms with Crippen LogP contribution in [0.2, 0.25) is 0 Å². The van der Waals surface area contributed by atoms with Crippen LogP contribution in [0.5, 0.6) is 0 Å². The Hall–Kier alpha value is -1.93. The van der Waals surface area contributed by atoms with Gasteiger partial charge in [0.15, 0.2) is 0 Å². The highest BCUT2D eigenvalue weighted by Gasteiger charge is 2.35. The molecule has 132 valence electrons. The number of carboxylic acids is 1. The largest absolute Gasteiger partial charge is 0.481 e. The van der Waals surface area contributed by atoms with E-state index in [1.807, 2.05) is 0 Å². The van der Waals surface area contributed by atoms with Crippen molar-refractivity contribution >= 4 is 21.9 Å². The van der Waals surface area contributed by atoms with Crippen LogP contribution in [0.25, 0.3) is 0 Å². The molecule has 2 rings (SSSR count). The molecule has 1 aliphatic rings. The van der Waals surface area contributed by atoms with Crippen molar-refractivity contribution in [2.75, 3.05) is 13.1 Å². The van der Waals surface area contributed by atoms with Crippen LogP contribution in [0.3, 0.4) is 0 Å². The number of carbonyl (C=O) groups is 2. The van der Waals surface area contributed by atoms with Gasteiger partial charge in [0.25, 0.3) is 5.91 Å². The number of rotatable bonds is 8. The lowest BCUT2D eigenvalue weighted by molar-refractivity contribution is -0.141. The van der Waals surface area contributed by atoms with E-state index in [0.717, 1.165) is 12.8 Å². The van der Waals surface area contributed by atoms with Crippen LogP contribution in [0.1, 0.15) is 37.0 Å². The highest BCUT2D eigenvalue weighted by molar-refractivity contribution is 7.89. The molecule has 1 aliphatic carbocycles. The van der Waals surface area contributed by atoms with E-state index in [-0.39, 0.29) is 29.9 Å². The normalized spacial score (nSPS) is 15.8. The SMILES string of the molecule is CCNS(=O)(=O)c1ccc(C(=O)N(CC(C)C(=O)O)C2CC2)cc1. The van der Waals surface area contributed by atoms with Gasteiger partial charge in [-0.05, 0) is 37.1 Å². The average Bonchev–Trinajstić information content (AvgIpc) is 3.36. The Balaban J connectivity index is 2.17. The van der Waals surface area contributed by atoms with Gasteiger partial charge < -0.3 is 10.0 Å². The van der Waals surface area contributed by atoms with Gasteiger partial charge in [-0.2, -0.15) is 0 Å². The summed E-state index contributed by atoms with van der Waals surface area (Å²) in [7, 11) is -3.56. The number of carbonyl (C=O) groups excluding carboxylic acids is 1. The van der Waals surface area contributed by atoms with Crippen LogP contribution in [0.4, 0.5) is 0 Å². The van der Waals surface area contributed by atoms with Crippen LogP contribution < -0.4 is 4.72 Å². The Morgan fingerprint density at radius 3 is 2.33 bits per heavy atom. The summed E-state index contributed by atoms with van der Waals surface area (Å²) in [4.78, 5) is 25.4. The van der Waals surface area contributed by atoms with Crippen LogP contribution in [-0.4, -0.2) is 49.4 Å². The summed E-state index contributed by atoms with van der Waals surface area (Å²) in [6.07, 6.45) is 1.73. The molecule has 1 amide bonds. The van der Waals surface area contributed by atoms with Crippen LogP contribution >= 0.6 is 0 Å². The summed E-state index contributed by atoms with van der Waals surface area (Å²) in [6.45, 7) is 3.69. The Labute approximate surface area is 141 Å². The summed E-state index contributed by atoms with van der Waals surface area (Å²) in [5, 5.41) is 9.05. The highest BCUT2D eigenvalue weighted by atomic mass is 32.2. The molecule has 8 heteroatoms. The summed E-state index contributed by atoms with van der Waals surface area (Å²) in [5.74, 6) is -1.86. The number of hydrogen-bond acceptors (Lipinski definition) is 4. The summed E-state index contributed by atoms with van der Waals surface area (Å²) >= 11 is 0. The lowest BCUT2D eigenvalue weighted by atomic mass is 10.1. The summed E-state index contributed by atoms with van der Waals surface area (Å²) < 4.78 is 26.2. The number of hydrogen-bond donors (Lipinski definition) is 2. The fraction of sp³-hybridized carbons (Fsp3) is 0.500. The van der Waals surface area contributed by atoms with Gasteiger partial charge in [0.05, 0.1) is 10.8 Å². The molecule has 0 radical (unpaired) electrons. The van der Waals surface area contributed by atoms with Crippen molar-refractivity contribution in [2.45, 2.75) is 37.6 Å². The van der Waals surface area contributed by atoms with Crippen molar-refractivity contribution in [1.82, 2.24) is 9.62 Å². The average molecular weight is 354 g/mol. The smallest absolute Gasteiger partial charge is 0.308 e. The van der Waals surface area contributed by atoms with Crippen LogP contribution in [-0.2, 0) is 14.8 Å². The second-order valence-electron chi connectivity index (χ2n) is 5.95. The molecule has 0 spiro atoms. The Bertz CT molecular complexity index is 710. The zero-order valence-corrected chi connectivity index (χ0v) is 14.5. The third-order valence-electron chi connectivity index (χ3n) is 3.89. The third-order valence-corrected chi connectivity index (χ3v) is 5.45. The zero-order valence-electron chi connectivity index (χ0n) is 13.7. The minimum Gasteiger partial charge on any atom is -0.481 e. The van der Waals surface area contributed by atoms with Crippen molar-refractivity contribution in [1.29, 1.82) is 0 Å². The monoisotopic (exact) mass is 354 g/mol. The van der Waals surface area contributed by atoms with E-state index in [1.165, 1.54) is 24.3 Å². The quantitative estimate of drug-likeness (QED) is 0.732. The first kappa shape index (κ1) is 18.4. The van der Waals surface area contributed by atoms with Crippen molar-refractivity contribution in [3.8, 4) is 0 Å². The molecule has 1 aromatic rings. The molecule has 0 aromatic heterocycles. The van der Waals surface area contributed by atoms with Crippen LogP contribution in [0, 0.1) is 5.92 Å². The lowest BCUT2D eigenvalue weighted by Gasteiger charge is -2.24. The number of carboxylic acid groups (broad SMARTS) is 1. The van der Waals surface area contributed by atoms with Crippen molar-refractivity contribution < 1.29 is 23.1 Å². The predicted octanol–water partition coefficient (Wildman–Crippen LogP) is 1.31. The second kappa shape index (κ2) is 7.31. The molecule has 1 saturated carbocycles. The Morgan fingerprint density at radius 1 is 1.29 bits per heavy atom. The number of sulfonamides is 1. The van der Waals surface area contributed by atoms with E-state index in [0.29, 0.717) is 5.56 Å². The van der Waals surface area contributed by atoms with Gasteiger partial charge in [-0.25, -0.2) is 13.1 Å². The maximum atomic E-state index is 12.6. The highest BCUT2D eigenvalue weighted by Crippen LogP contribution is 2.29. The van der Waals surface area contributed by atoms with Gasteiger partial charge in [-0.3, -0.25) is 9.59 Å². The van der Waals surface area contributed by atoms with E-state index >= 15 is 0 Å². The maximum absolute atomic E-state index is 12.6. The first-order valence-corrected chi connectivity index (χ1v) is 9.38. The molecule has 1 fully saturated rings. The maximum Gasteiger partial charge on any atom is 0.308 e. The van der Waals surface area contributed by atoms with Gasteiger partial charge in [-0.1, -0.05) is 13.8 Å². The molecule has 7 nitrogen and oxygen atoms in total. The topological polar surface area (TPSA) is 104 Å². The third kappa shape index (κ3) is 4.33. The molecule has 1 aromatic carbocycles. The fourth-order valence-electron chi connectivity index (χ4n) is 2.37. The van der Waals surface area contributed by atoms with E-state index < -0.39 is 21.9 Å². The minimum absolute atomic E-state index is 0.0736. The first-order chi connectivity index (χ1) is 11.3. The molecule has 1 unspecified atom stereocenters. The van der Waals surface area contributed by atoms with E-state index in [4.69, 9.17) is 5.11 Å². The van der Waals surface area contributed by atoms with Crippen molar-refractivity contribution in [3.05, 3.63) is 29.8 Å². The molecule has 24 heavy (non-hydrogen) atoms. The Morgan fingerprint density at radius 2 is 1.88 bits per heavy atom. The zero-order chi connectivity index (χ0) is 17.9. The lowest BCUT2D eigenvalue weighted by Crippen LogP contribution is -2.38.